The van der Waals surface area contributed by atoms with E-state index in [9.17, 15) is 18.0 Å². The number of ether oxygens (including phenoxy) is 1. The minimum atomic E-state index is -4.49. The highest BCUT2D eigenvalue weighted by atomic mass is 19.4. The standard InChI is InChI=1S/C13H18F3N3O2/c1-12(2,3)21-11(20)8-5-9-7(6-17-8)10(13(14,15)16)18-19(9)4/h8,17H,5-6H2,1-4H3. The van der Waals surface area contributed by atoms with Gasteiger partial charge in [-0.25, -0.2) is 0 Å². The molecule has 1 aliphatic heterocycles. The molecule has 1 N–H and O–H groups in total. The van der Waals surface area contributed by atoms with Crippen LogP contribution < -0.4 is 5.32 Å². The van der Waals surface area contributed by atoms with E-state index in [-0.39, 0.29) is 18.5 Å². The van der Waals surface area contributed by atoms with Crippen molar-refractivity contribution in [3.05, 3.63) is 17.0 Å². The van der Waals surface area contributed by atoms with Gasteiger partial charge in [0.2, 0.25) is 0 Å². The maximum atomic E-state index is 12.9. The van der Waals surface area contributed by atoms with Crippen LogP contribution in [0.5, 0.6) is 0 Å². The first-order valence-corrected chi connectivity index (χ1v) is 6.57. The summed E-state index contributed by atoms with van der Waals surface area (Å²) in [5.74, 6) is -0.470. The number of hydrogen-bond acceptors (Lipinski definition) is 4. The first-order valence-electron chi connectivity index (χ1n) is 6.57. The molecule has 1 atom stereocenters. The Balaban J connectivity index is 2.22. The van der Waals surface area contributed by atoms with E-state index in [4.69, 9.17) is 4.74 Å². The fourth-order valence-electron chi connectivity index (χ4n) is 2.30. The normalized spacial score (nSPS) is 19.3. The third kappa shape index (κ3) is 3.37. The predicted molar refractivity (Wildman–Crippen MR) is 68.4 cm³/mol. The van der Waals surface area contributed by atoms with E-state index in [1.807, 2.05) is 0 Å². The van der Waals surface area contributed by atoms with Crippen LogP contribution in [0.2, 0.25) is 0 Å². The number of halogens is 3. The van der Waals surface area contributed by atoms with Crippen LogP contribution in [0.25, 0.3) is 0 Å². The molecule has 1 unspecified atom stereocenters. The maximum Gasteiger partial charge on any atom is 0.435 e. The van der Waals surface area contributed by atoms with Crippen LogP contribution in [0, 0.1) is 0 Å². The number of rotatable bonds is 1. The molecule has 0 aliphatic carbocycles. The third-order valence-corrected chi connectivity index (χ3v) is 3.16. The van der Waals surface area contributed by atoms with Crippen molar-refractivity contribution in [2.75, 3.05) is 0 Å². The summed E-state index contributed by atoms with van der Waals surface area (Å²) >= 11 is 0. The van der Waals surface area contributed by atoms with Gasteiger partial charge in [-0.1, -0.05) is 0 Å². The molecule has 0 bridgehead atoms. The summed E-state index contributed by atoms with van der Waals surface area (Å²) in [5, 5.41) is 6.33. The molecule has 0 fully saturated rings. The molecule has 0 saturated carbocycles. The highest BCUT2D eigenvalue weighted by Gasteiger charge is 2.41. The van der Waals surface area contributed by atoms with Crippen LogP contribution in [0.4, 0.5) is 13.2 Å². The van der Waals surface area contributed by atoms with Gasteiger partial charge in [-0.05, 0) is 20.8 Å². The third-order valence-electron chi connectivity index (χ3n) is 3.16. The second kappa shape index (κ2) is 5.01. The van der Waals surface area contributed by atoms with Gasteiger partial charge < -0.3 is 4.74 Å². The van der Waals surface area contributed by atoms with Gasteiger partial charge in [-0.3, -0.25) is 14.8 Å². The Kier molecular flexibility index (Phi) is 3.77. The Labute approximate surface area is 120 Å². The molecule has 5 nitrogen and oxygen atoms in total. The van der Waals surface area contributed by atoms with Crippen molar-refractivity contribution >= 4 is 5.97 Å². The average Bonchev–Trinajstić information content (AvgIpc) is 2.64. The summed E-state index contributed by atoms with van der Waals surface area (Å²) in [6, 6.07) is -0.659. The molecule has 0 saturated heterocycles. The van der Waals surface area contributed by atoms with Crippen LogP contribution in [0.15, 0.2) is 0 Å². The number of carbonyl (C=O) groups excluding carboxylic acids is 1. The number of nitrogens with one attached hydrogen (secondary N) is 1. The Bertz CT molecular complexity index is 558. The van der Waals surface area contributed by atoms with E-state index in [0.29, 0.717) is 5.69 Å². The fraction of sp³-hybridized carbons (Fsp3) is 0.692. The quantitative estimate of drug-likeness (QED) is 0.804. The number of aromatic nitrogens is 2. The van der Waals surface area contributed by atoms with Gasteiger partial charge in [0, 0.05) is 31.3 Å². The van der Waals surface area contributed by atoms with Crippen molar-refractivity contribution in [3.8, 4) is 0 Å². The van der Waals surface area contributed by atoms with E-state index >= 15 is 0 Å². The first kappa shape index (κ1) is 15.8. The highest BCUT2D eigenvalue weighted by molar-refractivity contribution is 5.77. The molecule has 0 radical (unpaired) electrons. The molecule has 21 heavy (non-hydrogen) atoms. The van der Waals surface area contributed by atoms with Crippen LogP contribution in [0.3, 0.4) is 0 Å². The van der Waals surface area contributed by atoms with E-state index in [1.165, 1.54) is 11.7 Å². The lowest BCUT2D eigenvalue weighted by Gasteiger charge is -2.27. The topological polar surface area (TPSA) is 56.2 Å². The van der Waals surface area contributed by atoms with E-state index < -0.39 is 29.5 Å². The molecule has 0 spiro atoms. The molecule has 8 heteroatoms. The number of carbonyl (C=O) groups is 1. The number of aryl methyl sites for hydroxylation is 1. The van der Waals surface area contributed by atoms with Crippen LogP contribution in [0.1, 0.15) is 37.7 Å². The van der Waals surface area contributed by atoms with Gasteiger partial charge in [0.25, 0.3) is 0 Å². The predicted octanol–water partition coefficient (Wildman–Crippen LogP) is 1.79. The minimum Gasteiger partial charge on any atom is -0.459 e. The smallest absolute Gasteiger partial charge is 0.435 e. The Hall–Kier alpha value is -1.57. The maximum absolute atomic E-state index is 12.9. The lowest BCUT2D eigenvalue weighted by atomic mass is 10.0. The average molecular weight is 305 g/mol. The zero-order chi connectivity index (χ0) is 16.0. The fourth-order valence-corrected chi connectivity index (χ4v) is 2.30. The molecular formula is C13H18F3N3O2. The Morgan fingerprint density at radius 3 is 2.52 bits per heavy atom. The molecule has 0 amide bonds. The summed E-state index contributed by atoms with van der Waals surface area (Å²) in [5.41, 5.74) is -1.01. The molecular weight excluding hydrogens is 287 g/mol. The second-order valence-corrected chi connectivity index (χ2v) is 6.07. The number of hydrogen-bond donors (Lipinski definition) is 1. The molecule has 0 aromatic carbocycles. The van der Waals surface area contributed by atoms with Gasteiger partial charge in [-0.2, -0.15) is 18.3 Å². The molecule has 2 heterocycles. The number of fused-ring (bicyclic) bond motifs is 1. The lowest BCUT2D eigenvalue weighted by molar-refractivity contribution is -0.157. The molecule has 1 aromatic rings. The van der Waals surface area contributed by atoms with Crippen LogP contribution in [-0.2, 0) is 35.7 Å². The molecule has 2 rings (SSSR count). The van der Waals surface area contributed by atoms with Crippen molar-refractivity contribution in [1.29, 1.82) is 0 Å². The SMILES string of the molecule is Cn1nc(C(F)(F)F)c2c1CC(C(=O)OC(C)(C)C)NC2. The summed E-state index contributed by atoms with van der Waals surface area (Å²) in [4.78, 5) is 12.0. The molecule has 1 aromatic heterocycles. The van der Waals surface area contributed by atoms with Gasteiger partial charge in [0.05, 0.1) is 0 Å². The Morgan fingerprint density at radius 2 is 2.00 bits per heavy atom. The number of alkyl halides is 3. The van der Waals surface area contributed by atoms with Crippen LogP contribution >= 0.6 is 0 Å². The van der Waals surface area contributed by atoms with E-state index in [1.54, 1.807) is 20.8 Å². The van der Waals surface area contributed by atoms with Crippen molar-refractivity contribution < 1.29 is 22.7 Å². The zero-order valence-corrected chi connectivity index (χ0v) is 12.3. The number of esters is 1. The summed E-state index contributed by atoms with van der Waals surface area (Å²) in [7, 11) is 1.45. The second-order valence-electron chi connectivity index (χ2n) is 6.07. The van der Waals surface area contributed by atoms with Crippen molar-refractivity contribution in [3.63, 3.8) is 0 Å². The van der Waals surface area contributed by atoms with E-state index in [2.05, 4.69) is 10.4 Å². The van der Waals surface area contributed by atoms with Crippen LogP contribution in [-0.4, -0.2) is 27.4 Å². The summed E-state index contributed by atoms with van der Waals surface area (Å²) < 4.78 is 45.1. The van der Waals surface area contributed by atoms with Gasteiger partial charge in [-0.15, -0.1) is 0 Å². The van der Waals surface area contributed by atoms with E-state index in [0.717, 1.165) is 0 Å². The summed E-state index contributed by atoms with van der Waals surface area (Å²) in [6.07, 6.45) is -4.37. The van der Waals surface area contributed by atoms with Gasteiger partial charge in [0.1, 0.15) is 11.6 Å². The monoisotopic (exact) mass is 305 g/mol. The Morgan fingerprint density at radius 1 is 1.38 bits per heavy atom. The van der Waals surface area contributed by atoms with Crippen molar-refractivity contribution in [2.45, 2.75) is 51.6 Å². The number of nitrogens with zero attached hydrogens (tertiary/aromatic N) is 2. The minimum absolute atomic E-state index is 0.0536. The molecule has 118 valence electrons. The summed E-state index contributed by atoms with van der Waals surface area (Å²) in [6.45, 7) is 5.17. The van der Waals surface area contributed by atoms with Gasteiger partial charge >= 0.3 is 12.1 Å². The van der Waals surface area contributed by atoms with Crippen molar-refractivity contribution in [2.24, 2.45) is 7.05 Å². The first-order chi connectivity index (χ1) is 9.49. The lowest BCUT2D eigenvalue weighted by Crippen LogP contribution is -2.45. The molecule has 1 aliphatic rings. The zero-order valence-electron chi connectivity index (χ0n) is 12.3. The van der Waals surface area contributed by atoms with Crippen molar-refractivity contribution in [1.82, 2.24) is 15.1 Å². The van der Waals surface area contributed by atoms with Gasteiger partial charge in [0.15, 0.2) is 5.69 Å². The largest absolute Gasteiger partial charge is 0.459 e. The highest BCUT2D eigenvalue weighted by Crippen LogP contribution is 2.34.